The van der Waals surface area contributed by atoms with Crippen LogP contribution in [0.15, 0.2) is 12.1 Å². The molecule has 19 heavy (non-hydrogen) atoms. The summed E-state index contributed by atoms with van der Waals surface area (Å²) in [6.07, 6.45) is 0. The van der Waals surface area contributed by atoms with E-state index in [4.69, 9.17) is 9.47 Å². The van der Waals surface area contributed by atoms with Crippen molar-refractivity contribution < 1.29 is 18.7 Å². The summed E-state index contributed by atoms with van der Waals surface area (Å²) in [4.78, 5) is 12.3. The Hall–Kier alpha value is -1.14. The summed E-state index contributed by atoms with van der Waals surface area (Å²) in [5.74, 6) is -0.240. The molecule has 102 valence electrons. The normalized spacial score (nSPS) is 10.7. The van der Waals surface area contributed by atoms with Crippen LogP contribution < -0.4 is 4.74 Å². The molecule has 0 radical (unpaired) electrons. The van der Waals surface area contributed by atoms with Gasteiger partial charge in [0, 0.05) is 10.7 Å². The molecule has 0 unspecified atom stereocenters. The summed E-state index contributed by atoms with van der Waals surface area (Å²) in [5, 5.41) is 1.06. The number of halogens is 2. The maximum Gasteiger partial charge on any atom is 0.348 e. The highest BCUT2D eigenvalue weighted by Gasteiger charge is 2.23. The second-order valence-corrected chi connectivity index (χ2v) is 5.30. The van der Waals surface area contributed by atoms with E-state index in [9.17, 15) is 9.18 Å². The van der Waals surface area contributed by atoms with E-state index < -0.39 is 5.97 Å². The van der Waals surface area contributed by atoms with Crippen LogP contribution in [0.5, 0.6) is 5.75 Å². The molecular weight excluding hydrogens is 335 g/mol. The average molecular weight is 347 g/mol. The lowest BCUT2D eigenvalue weighted by molar-refractivity contribution is 0.0531. The van der Waals surface area contributed by atoms with Crippen molar-refractivity contribution in [3.63, 3.8) is 0 Å². The van der Waals surface area contributed by atoms with E-state index >= 15 is 0 Å². The van der Waals surface area contributed by atoms with Gasteiger partial charge in [0.05, 0.1) is 18.4 Å². The number of ether oxygens (including phenoxy) is 2. The lowest BCUT2D eigenvalue weighted by Crippen LogP contribution is -2.04. The minimum absolute atomic E-state index is 0.286. The summed E-state index contributed by atoms with van der Waals surface area (Å²) in [5.41, 5.74) is 0.704. The minimum atomic E-state index is -0.431. The van der Waals surface area contributed by atoms with Gasteiger partial charge in [0.15, 0.2) is 0 Å². The van der Waals surface area contributed by atoms with Crippen LogP contribution in [0, 0.1) is 5.82 Å². The fourth-order valence-corrected chi connectivity index (χ4v) is 3.74. The number of benzene rings is 1. The number of esters is 1. The molecule has 2 aromatic rings. The van der Waals surface area contributed by atoms with Gasteiger partial charge in [-0.05, 0) is 24.6 Å². The standard InChI is InChI=1S/C13H12BrFO3S/c1-3-18-13(16)11-7(6-14)10-9(17-2)5-4-8(15)12(10)19-11/h4-5H,3,6H2,1-2H3. The Labute approximate surface area is 122 Å². The van der Waals surface area contributed by atoms with Crippen molar-refractivity contribution >= 4 is 43.3 Å². The van der Waals surface area contributed by atoms with E-state index in [2.05, 4.69) is 15.9 Å². The van der Waals surface area contributed by atoms with Crippen molar-refractivity contribution in [3.05, 3.63) is 28.4 Å². The Morgan fingerprint density at radius 1 is 1.47 bits per heavy atom. The van der Waals surface area contributed by atoms with E-state index in [1.807, 2.05) is 0 Å². The van der Waals surface area contributed by atoms with Crippen LogP contribution in [0.1, 0.15) is 22.2 Å². The fraction of sp³-hybridized carbons (Fsp3) is 0.308. The molecule has 0 amide bonds. The first-order chi connectivity index (χ1) is 9.13. The van der Waals surface area contributed by atoms with E-state index in [1.54, 1.807) is 13.0 Å². The largest absolute Gasteiger partial charge is 0.496 e. The Morgan fingerprint density at radius 3 is 2.79 bits per heavy atom. The first kappa shape index (κ1) is 14.3. The van der Waals surface area contributed by atoms with Crippen molar-refractivity contribution in [2.24, 2.45) is 0 Å². The van der Waals surface area contributed by atoms with Crippen LogP contribution in [-0.4, -0.2) is 19.7 Å². The van der Waals surface area contributed by atoms with E-state index in [0.717, 1.165) is 11.3 Å². The van der Waals surface area contributed by atoms with Crippen LogP contribution >= 0.6 is 27.3 Å². The number of rotatable bonds is 4. The molecule has 0 aliphatic rings. The molecule has 0 atom stereocenters. The Kier molecular flexibility index (Phi) is 4.42. The molecule has 3 nitrogen and oxygen atoms in total. The van der Waals surface area contributed by atoms with Gasteiger partial charge in [0.25, 0.3) is 0 Å². The highest BCUT2D eigenvalue weighted by atomic mass is 79.9. The number of carbonyl (C=O) groups is 1. The quantitative estimate of drug-likeness (QED) is 0.617. The van der Waals surface area contributed by atoms with E-state index in [-0.39, 0.29) is 12.4 Å². The molecule has 0 fully saturated rings. The van der Waals surface area contributed by atoms with Gasteiger partial charge in [-0.2, -0.15) is 0 Å². The van der Waals surface area contributed by atoms with Gasteiger partial charge >= 0.3 is 5.97 Å². The zero-order valence-electron chi connectivity index (χ0n) is 10.5. The monoisotopic (exact) mass is 346 g/mol. The number of hydrogen-bond donors (Lipinski definition) is 0. The second-order valence-electron chi connectivity index (χ2n) is 3.72. The maximum atomic E-state index is 13.9. The topological polar surface area (TPSA) is 35.5 Å². The lowest BCUT2D eigenvalue weighted by Gasteiger charge is -2.05. The van der Waals surface area contributed by atoms with Crippen molar-refractivity contribution in [2.45, 2.75) is 12.3 Å². The summed E-state index contributed by atoms with van der Waals surface area (Å²) < 4.78 is 24.5. The van der Waals surface area contributed by atoms with Gasteiger partial charge in [-0.1, -0.05) is 15.9 Å². The molecule has 6 heteroatoms. The highest BCUT2D eigenvalue weighted by molar-refractivity contribution is 9.08. The predicted octanol–water partition coefficient (Wildman–Crippen LogP) is 4.12. The first-order valence-corrected chi connectivity index (χ1v) is 7.58. The minimum Gasteiger partial charge on any atom is -0.496 e. The molecular formula is C13H12BrFO3S. The first-order valence-electron chi connectivity index (χ1n) is 5.65. The molecule has 0 bridgehead atoms. The highest BCUT2D eigenvalue weighted by Crippen LogP contribution is 2.40. The molecule has 0 aliphatic heterocycles. The molecule has 1 aromatic carbocycles. The summed E-state index contributed by atoms with van der Waals surface area (Å²) >= 11 is 4.43. The van der Waals surface area contributed by atoms with Crippen molar-refractivity contribution in [3.8, 4) is 5.75 Å². The zero-order chi connectivity index (χ0) is 14.0. The number of carbonyl (C=O) groups excluding carboxylic acids is 1. The zero-order valence-corrected chi connectivity index (χ0v) is 12.9. The third-order valence-electron chi connectivity index (χ3n) is 2.67. The van der Waals surface area contributed by atoms with Gasteiger partial charge in [-0.25, -0.2) is 9.18 Å². The van der Waals surface area contributed by atoms with Gasteiger partial charge < -0.3 is 9.47 Å². The van der Waals surface area contributed by atoms with E-state index in [0.29, 0.717) is 31.6 Å². The third-order valence-corrected chi connectivity index (χ3v) is 4.45. The van der Waals surface area contributed by atoms with Crippen molar-refractivity contribution in [1.82, 2.24) is 0 Å². The van der Waals surface area contributed by atoms with Crippen LogP contribution in [0.25, 0.3) is 10.1 Å². The van der Waals surface area contributed by atoms with Crippen LogP contribution in [-0.2, 0) is 10.1 Å². The van der Waals surface area contributed by atoms with Gasteiger partial charge in [0.2, 0.25) is 0 Å². The molecule has 0 saturated heterocycles. The fourth-order valence-electron chi connectivity index (χ4n) is 1.86. The van der Waals surface area contributed by atoms with Crippen molar-refractivity contribution in [1.29, 1.82) is 0 Å². The van der Waals surface area contributed by atoms with E-state index in [1.165, 1.54) is 13.2 Å². The number of thiophene rings is 1. The molecule has 1 aromatic heterocycles. The summed E-state index contributed by atoms with van der Waals surface area (Å²) in [6, 6.07) is 2.90. The molecule has 2 rings (SSSR count). The second kappa shape index (κ2) is 5.88. The summed E-state index contributed by atoms with van der Waals surface area (Å²) in [7, 11) is 1.52. The number of alkyl halides is 1. The van der Waals surface area contributed by atoms with Crippen LogP contribution in [0.3, 0.4) is 0 Å². The molecule has 0 N–H and O–H groups in total. The van der Waals surface area contributed by atoms with Gasteiger partial charge in [0.1, 0.15) is 16.4 Å². The maximum absolute atomic E-state index is 13.9. The lowest BCUT2D eigenvalue weighted by atomic mass is 10.1. The Bertz CT molecular complexity index is 624. The molecule has 0 spiro atoms. The molecule has 0 saturated carbocycles. The smallest absolute Gasteiger partial charge is 0.348 e. The molecule has 1 heterocycles. The third kappa shape index (κ3) is 2.47. The average Bonchev–Trinajstić information content (AvgIpc) is 2.80. The van der Waals surface area contributed by atoms with Crippen molar-refractivity contribution in [2.75, 3.05) is 13.7 Å². The Morgan fingerprint density at radius 2 is 2.21 bits per heavy atom. The number of fused-ring (bicyclic) bond motifs is 1. The van der Waals surface area contributed by atoms with Crippen LogP contribution in [0.4, 0.5) is 4.39 Å². The number of hydrogen-bond acceptors (Lipinski definition) is 4. The predicted molar refractivity (Wildman–Crippen MR) is 76.9 cm³/mol. The Balaban J connectivity index is 2.73. The SMILES string of the molecule is CCOC(=O)c1sc2c(F)ccc(OC)c2c1CBr. The summed E-state index contributed by atoms with van der Waals surface area (Å²) in [6.45, 7) is 2.02. The van der Waals surface area contributed by atoms with Gasteiger partial charge in [-0.3, -0.25) is 0 Å². The van der Waals surface area contributed by atoms with Crippen LogP contribution in [0.2, 0.25) is 0 Å². The molecule has 0 aliphatic carbocycles. The van der Waals surface area contributed by atoms with Gasteiger partial charge in [-0.15, -0.1) is 11.3 Å². The number of methoxy groups -OCH3 is 1.